The molecule has 0 bridgehead atoms. The summed E-state index contributed by atoms with van der Waals surface area (Å²) in [7, 11) is 0. The quantitative estimate of drug-likeness (QED) is 0.616. The first-order valence-corrected chi connectivity index (χ1v) is 5.90. The van der Waals surface area contributed by atoms with Gasteiger partial charge in [0.1, 0.15) is 6.10 Å². The van der Waals surface area contributed by atoms with Gasteiger partial charge in [0, 0.05) is 0 Å². The molecular weight excluding hydrogens is 170 g/mol. The number of nitrogens with zero attached hydrogens (tertiary/aromatic N) is 1. The van der Waals surface area contributed by atoms with Crippen LogP contribution in [0.15, 0.2) is 5.16 Å². The van der Waals surface area contributed by atoms with Gasteiger partial charge in [-0.05, 0) is 43.6 Å². The Morgan fingerprint density at radius 2 is 2.00 bits per heavy atom. The summed E-state index contributed by atoms with van der Waals surface area (Å²) in [6.07, 6.45) is 6.48. The van der Waals surface area contributed by atoms with Crippen LogP contribution in [0, 0.1) is 0 Å². The maximum atomic E-state index is 5.40. The smallest absolute Gasteiger partial charge is 0.127 e. The van der Waals surface area contributed by atoms with Crippen LogP contribution in [0.4, 0.5) is 0 Å². The molecule has 1 saturated carbocycles. The zero-order valence-corrected chi connectivity index (χ0v) is 8.11. The van der Waals surface area contributed by atoms with Gasteiger partial charge < -0.3 is 4.84 Å². The second-order valence-electron chi connectivity index (χ2n) is 3.43. The van der Waals surface area contributed by atoms with Gasteiger partial charge in [0.15, 0.2) is 0 Å². The summed E-state index contributed by atoms with van der Waals surface area (Å²) in [5, 5.41) is 4.21. The van der Waals surface area contributed by atoms with E-state index in [0.29, 0.717) is 6.10 Å². The lowest BCUT2D eigenvalue weighted by Crippen LogP contribution is -2.20. The van der Waals surface area contributed by atoms with E-state index in [1.807, 2.05) is 11.8 Å². The molecule has 1 aliphatic carbocycles. The minimum atomic E-state index is 0.451. The maximum Gasteiger partial charge on any atom is 0.127 e. The normalized spacial score (nSPS) is 24.8. The van der Waals surface area contributed by atoms with Crippen molar-refractivity contribution in [2.24, 2.45) is 5.16 Å². The van der Waals surface area contributed by atoms with Gasteiger partial charge in [0.05, 0.1) is 5.71 Å². The summed E-state index contributed by atoms with van der Waals surface area (Å²) in [4.78, 5) is 5.40. The number of rotatable bonds is 2. The molecule has 0 amide bonds. The van der Waals surface area contributed by atoms with E-state index in [1.54, 1.807) is 0 Å². The monoisotopic (exact) mass is 185 g/mol. The number of hydrogen-bond donors (Lipinski definition) is 0. The summed E-state index contributed by atoms with van der Waals surface area (Å²) in [6.45, 7) is 0. The molecule has 3 heteroatoms. The fourth-order valence-corrected chi connectivity index (χ4v) is 2.29. The Kier molecular flexibility index (Phi) is 2.93. The third kappa shape index (κ3) is 2.16. The minimum Gasteiger partial charge on any atom is -0.393 e. The summed E-state index contributed by atoms with van der Waals surface area (Å²) in [5.41, 5.74) is 1.28. The van der Waals surface area contributed by atoms with Gasteiger partial charge in [-0.25, -0.2) is 0 Å². The topological polar surface area (TPSA) is 21.6 Å². The largest absolute Gasteiger partial charge is 0.393 e. The zero-order valence-electron chi connectivity index (χ0n) is 7.29. The van der Waals surface area contributed by atoms with Crippen LogP contribution in [0.5, 0.6) is 0 Å². The summed E-state index contributed by atoms with van der Waals surface area (Å²) in [6, 6.07) is 0. The van der Waals surface area contributed by atoms with Crippen LogP contribution < -0.4 is 0 Å². The van der Waals surface area contributed by atoms with E-state index in [9.17, 15) is 0 Å². The van der Waals surface area contributed by atoms with E-state index in [0.717, 1.165) is 12.8 Å². The molecule has 2 aliphatic rings. The fraction of sp³-hybridized carbons (Fsp3) is 0.889. The van der Waals surface area contributed by atoms with Crippen LogP contribution in [-0.2, 0) is 4.84 Å². The molecule has 0 atom stereocenters. The Balaban J connectivity index is 1.73. The minimum absolute atomic E-state index is 0.451. The number of oxime groups is 1. The average Bonchev–Trinajstić information content (AvgIpc) is 2.04. The summed E-state index contributed by atoms with van der Waals surface area (Å²) in [5.74, 6) is 2.46. The Bertz CT molecular complexity index is 169. The van der Waals surface area contributed by atoms with Crippen molar-refractivity contribution in [1.29, 1.82) is 0 Å². The average molecular weight is 185 g/mol. The molecular formula is C9H15NOS. The highest BCUT2D eigenvalue weighted by Crippen LogP contribution is 2.23. The van der Waals surface area contributed by atoms with Crippen molar-refractivity contribution in [2.45, 2.75) is 38.2 Å². The van der Waals surface area contributed by atoms with Crippen LogP contribution >= 0.6 is 11.8 Å². The molecule has 12 heavy (non-hydrogen) atoms. The molecule has 0 aromatic heterocycles. The molecule has 2 fully saturated rings. The van der Waals surface area contributed by atoms with E-state index in [2.05, 4.69) is 5.16 Å². The first-order valence-electron chi connectivity index (χ1n) is 4.74. The van der Waals surface area contributed by atoms with Crippen molar-refractivity contribution >= 4 is 17.5 Å². The van der Waals surface area contributed by atoms with Crippen LogP contribution in [0.25, 0.3) is 0 Å². The highest BCUT2D eigenvalue weighted by molar-refractivity contribution is 7.99. The lowest BCUT2D eigenvalue weighted by Gasteiger charge is -2.23. The van der Waals surface area contributed by atoms with Crippen LogP contribution in [0.2, 0.25) is 0 Å². The van der Waals surface area contributed by atoms with Crippen molar-refractivity contribution in [3.05, 3.63) is 0 Å². The van der Waals surface area contributed by atoms with E-state index in [4.69, 9.17) is 4.84 Å². The van der Waals surface area contributed by atoms with Crippen LogP contribution in [-0.4, -0.2) is 23.3 Å². The second-order valence-corrected chi connectivity index (χ2v) is 4.65. The van der Waals surface area contributed by atoms with Crippen molar-refractivity contribution < 1.29 is 4.84 Å². The molecule has 1 heterocycles. The SMILES string of the molecule is C1CC(ON=C2CCSCC2)C1. The lowest BCUT2D eigenvalue weighted by molar-refractivity contribution is 0.00542. The highest BCUT2D eigenvalue weighted by Gasteiger charge is 2.19. The first-order chi connectivity index (χ1) is 5.95. The van der Waals surface area contributed by atoms with Crippen molar-refractivity contribution in [3.8, 4) is 0 Å². The first kappa shape index (κ1) is 8.42. The predicted octanol–water partition coefficient (Wildman–Crippen LogP) is 2.44. The van der Waals surface area contributed by atoms with E-state index in [-0.39, 0.29) is 0 Å². The lowest BCUT2D eigenvalue weighted by atomic mass is 9.97. The van der Waals surface area contributed by atoms with Gasteiger partial charge in [0.2, 0.25) is 0 Å². The molecule has 0 unspecified atom stereocenters. The predicted molar refractivity (Wildman–Crippen MR) is 52.7 cm³/mol. The molecule has 2 nitrogen and oxygen atoms in total. The summed E-state index contributed by atoms with van der Waals surface area (Å²) < 4.78 is 0. The molecule has 0 radical (unpaired) electrons. The maximum absolute atomic E-state index is 5.40. The molecule has 0 N–H and O–H groups in total. The van der Waals surface area contributed by atoms with Crippen molar-refractivity contribution in [1.82, 2.24) is 0 Å². The summed E-state index contributed by atoms with van der Waals surface area (Å²) >= 11 is 2.02. The number of hydrogen-bond acceptors (Lipinski definition) is 3. The number of thioether (sulfide) groups is 1. The third-order valence-corrected chi connectivity index (χ3v) is 3.44. The molecule has 68 valence electrons. The van der Waals surface area contributed by atoms with E-state index < -0.39 is 0 Å². The Morgan fingerprint density at radius 3 is 2.58 bits per heavy atom. The van der Waals surface area contributed by atoms with Gasteiger partial charge in [-0.3, -0.25) is 0 Å². The van der Waals surface area contributed by atoms with Gasteiger partial charge in [0.25, 0.3) is 0 Å². The van der Waals surface area contributed by atoms with E-state index >= 15 is 0 Å². The molecule has 0 spiro atoms. The van der Waals surface area contributed by atoms with Crippen molar-refractivity contribution in [2.75, 3.05) is 11.5 Å². The molecule has 2 rings (SSSR count). The van der Waals surface area contributed by atoms with Gasteiger partial charge >= 0.3 is 0 Å². The van der Waals surface area contributed by atoms with Crippen LogP contribution in [0.1, 0.15) is 32.1 Å². The van der Waals surface area contributed by atoms with E-state index in [1.165, 1.54) is 36.5 Å². The second kappa shape index (κ2) is 4.17. The standard InChI is InChI=1S/C9H15NOS/c1-2-9(3-1)11-10-8-4-6-12-7-5-8/h9H,1-7H2. The van der Waals surface area contributed by atoms with Crippen LogP contribution in [0.3, 0.4) is 0 Å². The Morgan fingerprint density at radius 1 is 1.25 bits per heavy atom. The zero-order chi connectivity index (χ0) is 8.23. The van der Waals surface area contributed by atoms with Gasteiger partial charge in [-0.2, -0.15) is 11.8 Å². The highest BCUT2D eigenvalue weighted by atomic mass is 32.2. The van der Waals surface area contributed by atoms with Gasteiger partial charge in [-0.1, -0.05) is 5.16 Å². The molecule has 1 saturated heterocycles. The molecule has 0 aromatic carbocycles. The van der Waals surface area contributed by atoms with Gasteiger partial charge in [-0.15, -0.1) is 0 Å². The fourth-order valence-electron chi connectivity index (χ4n) is 1.32. The third-order valence-electron chi connectivity index (χ3n) is 2.45. The Hall–Kier alpha value is -0.180. The molecule has 0 aromatic rings. The Labute approximate surface area is 77.7 Å². The molecule has 1 aliphatic heterocycles. The van der Waals surface area contributed by atoms with Crippen molar-refractivity contribution in [3.63, 3.8) is 0 Å².